The molecule has 1 aliphatic rings. The molecule has 0 amide bonds. The molecule has 0 aliphatic carbocycles. The number of phenols is 1. The molecule has 8 heteroatoms. The minimum Gasteiger partial charge on any atom is -0.507 e. The summed E-state index contributed by atoms with van der Waals surface area (Å²) >= 11 is 0. The summed E-state index contributed by atoms with van der Waals surface area (Å²) in [5, 5.41) is 28.3. The van der Waals surface area contributed by atoms with Crippen molar-refractivity contribution in [3.8, 4) is 35.1 Å². The van der Waals surface area contributed by atoms with Gasteiger partial charge in [-0.25, -0.2) is 0 Å². The number of fused-ring (bicyclic) bond motifs is 1. The highest BCUT2D eigenvalue weighted by atomic mass is 16.5. The van der Waals surface area contributed by atoms with E-state index in [1.165, 1.54) is 19.2 Å². The molecule has 152 valence electrons. The molecular formula is C22H20N3O5+. The molecule has 0 radical (unpaired) electrons. The van der Waals surface area contributed by atoms with Gasteiger partial charge in [-0.1, -0.05) is 0 Å². The van der Waals surface area contributed by atoms with Crippen LogP contribution in [-0.2, 0) is 6.54 Å². The number of nitrogens with one attached hydrogen (secondary N) is 1. The lowest BCUT2D eigenvalue weighted by Crippen LogP contribution is -3.10. The summed E-state index contributed by atoms with van der Waals surface area (Å²) in [6.07, 6.45) is 1.57. The molecule has 0 fully saturated rings. The first kappa shape index (κ1) is 20.7. The average molecular weight is 406 g/mol. The van der Waals surface area contributed by atoms with Gasteiger partial charge >= 0.3 is 0 Å². The fourth-order valence-electron chi connectivity index (χ4n) is 3.21. The minimum atomic E-state index is -0.328. The number of quaternary nitrogens is 1. The monoisotopic (exact) mass is 406 g/mol. The number of aromatic hydroxyl groups is 1. The van der Waals surface area contributed by atoms with Gasteiger partial charge in [0.1, 0.15) is 35.9 Å². The van der Waals surface area contributed by atoms with E-state index in [0.29, 0.717) is 33.1 Å². The number of hydrogen-bond acceptors (Lipinski definition) is 7. The van der Waals surface area contributed by atoms with Crippen LogP contribution in [-0.4, -0.2) is 38.2 Å². The molecule has 1 heterocycles. The highest BCUT2D eigenvalue weighted by Gasteiger charge is 2.32. The first-order valence-corrected chi connectivity index (χ1v) is 9.11. The first-order chi connectivity index (χ1) is 14.5. The van der Waals surface area contributed by atoms with Crippen molar-refractivity contribution < 1.29 is 29.0 Å². The molecule has 30 heavy (non-hydrogen) atoms. The van der Waals surface area contributed by atoms with Gasteiger partial charge < -0.3 is 24.2 Å². The van der Waals surface area contributed by atoms with Crippen molar-refractivity contribution in [2.75, 3.05) is 27.3 Å². The van der Waals surface area contributed by atoms with Crippen LogP contribution in [0.1, 0.15) is 21.5 Å². The fraction of sp³-hybridized carbons (Fsp3) is 0.227. The smallest absolute Gasteiger partial charge is 0.231 e. The van der Waals surface area contributed by atoms with Gasteiger partial charge in [-0.2, -0.15) is 10.5 Å². The van der Waals surface area contributed by atoms with Crippen LogP contribution in [0.5, 0.6) is 23.0 Å². The van der Waals surface area contributed by atoms with E-state index in [-0.39, 0.29) is 42.7 Å². The quantitative estimate of drug-likeness (QED) is 0.528. The molecule has 2 N–H and O–H groups in total. The predicted molar refractivity (Wildman–Crippen MR) is 106 cm³/mol. The zero-order valence-corrected chi connectivity index (χ0v) is 16.6. The maximum atomic E-state index is 12.9. The molecule has 0 spiro atoms. The Morgan fingerprint density at radius 3 is 2.50 bits per heavy atom. The number of ketones is 1. The Morgan fingerprint density at radius 2 is 1.87 bits per heavy atom. The van der Waals surface area contributed by atoms with Gasteiger partial charge in [0.25, 0.3) is 0 Å². The van der Waals surface area contributed by atoms with Crippen molar-refractivity contribution in [3.63, 3.8) is 0 Å². The van der Waals surface area contributed by atoms with Gasteiger partial charge in [0.05, 0.1) is 25.3 Å². The number of benzene rings is 2. The van der Waals surface area contributed by atoms with Gasteiger partial charge in [0, 0.05) is 11.6 Å². The van der Waals surface area contributed by atoms with Crippen molar-refractivity contribution >= 4 is 11.9 Å². The maximum absolute atomic E-state index is 12.9. The number of nitriles is 2. The molecule has 0 saturated carbocycles. The second kappa shape index (κ2) is 8.99. The second-order valence-corrected chi connectivity index (χ2v) is 6.58. The molecule has 2 aromatic rings. The Labute approximate surface area is 173 Å². The lowest BCUT2D eigenvalue weighted by molar-refractivity contribution is -0.899. The average Bonchev–Trinajstić information content (AvgIpc) is 3.06. The lowest BCUT2D eigenvalue weighted by atomic mass is 10.0. The molecular weight excluding hydrogens is 386 g/mol. The summed E-state index contributed by atoms with van der Waals surface area (Å²) in [7, 11) is 3.06. The van der Waals surface area contributed by atoms with E-state index in [9.17, 15) is 9.90 Å². The fourth-order valence-corrected chi connectivity index (χ4v) is 3.21. The van der Waals surface area contributed by atoms with Crippen molar-refractivity contribution in [1.82, 2.24) is 0 Å². The number of methoxy groups -OCH3 is 2. The summed E-state index contributed by atoms with van der Waals surface area (Å²) in [6, 6.07) is 12.1. The first-order valence-electron chi connectivity index (χ1n) is 9.11. The van der Waals surface area contributed by atoms with E-state index in [2.05, 4.69) is 0 Å². The van der Waals surface area contributed by atoms with E-state index in [4.69, 9.17) is 24.7 Å². The zero-order valence-electron chi connectivity index (χ0n) is 16.6. The van der Waals surface area contributed by atoms with Crippen LogP contribution >= 0.6 is 0 Å². The highest BCUT2D eigenvalue weighted by Crippen LogP contribution is 2.39. The second-order valence-electron chi connectivity index (χ2n) is 6.58. The number of rotatable bonds is 7. The summed E-state index contributed by atoms with van der Waals surface area (Å²) < 4.78 is 16.4. The number of carbonyl (C=O) groups is 1. The van der Waals surface area contributed by atoms with Crippen molar-refractivity contribution in [2.45, 2.75) is 6.54 Å². The molecule has 8 nitrogen and oxygen atoms in total. The van der Waals surface area contributed by atoms with Crippen LogP contribution in [0, 0.1) is 22.7 Å². The molecule has 0 aromatic heterocycles. The van der Waals surface area contributed by atoms with Crippen molar-refractivity contribution in [3.05, 3.63) is 52.8 Å². The number of phenolic OH excluding ortho intramolecular Hbond substituents is 1. The van der Waals surface area contributed by atoms with Crippen LogP contribution in [0.4, 0.5) is 0 Å². The summed E-state index contributed by atoms with van der Waals surface area (Å²) in [5.74, 6) is 1.07. The highest BCUT2D eigenvalue weighted by molar-refractivity contribution is 6.15. The SMILES string of the molecule is COc1ccc(/C=C2/Oc3c(ccc(O)c3C[NH+](CC#N)CC#N)C2=O)c(OC)c1. The predicted octanol–water partition coefficient (Wildman–Crippen LogP) is 1.46. The molecule has 3 rings (SSSR count). The summed E-state index contributed by atoms with van der Waals surface area (Å²) in [5.41, 5.74) is 1.32. The Morgan fingerprint density at radius 1 is 1.13 bits per heavy atom. The van der Waals surface area contributed by atoms with Crippen molar-refractivity contribution in [2.24, 2.45) is 0 Å². The zero-order chi connectivity index (χ0) is 21.7. The topological polar surface area (TPSA) is 117 Å². The van der Waals surface area contributed by atoms with Crippen LogP contribution in [0.2, 0.25) is 0 Å². The van der Waals surface area contributed by atoms with E-state index < -0.39 is 0 Å². The van der Waals surface area contributed by atoms with Gasteiger partial charge in [-0.3, -0.25) is 4.79 Å². The summed E-state index contributed by atoms with van der Waals surface area (Å²) in [6.45, 7) is 0.329. The van der Waals surface area contributed by atoms with E-state index in [1.807, 2.05) is 12.1 Å². The number of Topliss-reactive ketones (excluding diaryl/α,β-unsaturated/α-hetero) is 1. The maximum Gasteiger partial charge on any atom is 0.231 e. The molecule has 0 atom stereocenters. The van der Waals surface area contributed by atoms with Crippen molar-refractivity contribution in [1.29, 1.82) is 10.5 Å². The van der Waals surface area contributed by atoms with Crippen LogP contribution in [0.15, 0.2) is 36.1 Å². The lowest BCUT2D eigenvalue weighted by Gasteiger charge is -2.15. The number of ether oxygens (including phenoxy) is 3. The third-order valence-corrected chi connectivity index (χ3v) is 4.73. The molecule has 1 aliphatic heterocycles. The van der Waals surface area contributed by atoms with Crippen LogP contribution < -0.4 is 19.1 Å². The molecule has 0 unspecified atom stereocenters. The van der Waals surface area contributed by atoms with E-state index in [0.717, 1.165) is 0 Å². The Bertz CT molecular complexity index is 1080. The van der Waals surface area contributed by atoms with Gasteiger partial charge in [-0.05, 0) is 30.3 Å². The minimum absolute atomic E-state index is 0.0572. The van der Waals surface area contributed by atoms with E-state index >= 15 is 0 Å². The van der Waals surface area contributed by atoms with Crippen LogP contribution in [0.25, 0.3) is 6.08 Å². The number of nitrogens with zero attached hydrogens (tertiary/aromatic N) is 2. The third kappa shape index (κ3) is 4.04. The van der Waals surface area contributed by atoms with Gasteiger partial charge in [-0.15, -0.1) is 0 Å². The number of allylic oxidation sites excluding steroid dienone is 1. The molecule has 0 saturated heterocycles. The molecule has 0 bridgehead atoms. The normalized spacial score (nSPS) is 13.5. The Balaban J connectivity index is 1.98. The Hall–Kier alpha value is -4.01. The van der Waals surface area contributed by atoms with Gasteiger partial charge in [0.2, 0.25) is 5.78 Å². The third-order valence-electron chi connectivity index (χ3n) is 4.73. The number of carbonyl (C=O) groups excluding carboxylic acids is 1. The summed E-state index contributed by atoms with van der Waals surface area (Å²) in [4.78, 5) is 13.5. The van der Waals surface area contributed by atoms with Crippen LogP contribution in [0.3, 0.4) is 0 Å². The Kier molecular flexibility index (Phi) is 6.21. The largest absolute Gasteiger partial charge is 0.507 e. The van der Waals surface area contributed by atoms with E-state index in [1.54, 1.807) is 31.4 Å². The number of hydrogen-bond donors (Lipinski definition) is 2. The standard InChI is InChI=1S/C22H19N3O5/c1-28-15-4-3-14(19(12-15)29-2)11-20-21(27)16-5-6-18(26)17(22(16)30-20)13-25(9-7-23)10-8-24/h3-6,11-12,26H,9-10,13H2,1-2H3/p+1/b20-11+. The molecule has 2 aromatic carbocycles. The van der Waals surface area contributed by atoms with Gasteiger partial charge in [0.15, 0.2) is 24.6 Å².